The fourth-order valence-corrected chi connectivity index (χ4v) is 5.29. The molecule has 1 fully saturated rings. The fraction of sp³-hybridized carbons (Fsp3) is 0.212. The Bertz CT molecular complexity index is 1530. The molecule has 1 unspecified atom stereocenters. The molecular formula is C33H30F3N3O3. The van der Waals surface area contributed by atoms with Crippen LogP contribution in [0.4, 0.5) is 24.5 Å². The maximum atomic E-state index is 13.5. The molecule has 0 bridgehead atoms. The number of aliphatic carboxylic acids is 1. The van der Waals surface area contributed by atoms with E-state index < -0.39 is 23.6 Å². The minimum atomic E-state index is -4.58. The summed E-state index contributed by atoms with van der Waals surface area (Å²) < 4.78 is 40.5. The van der Waals surface area contributed by atoms with Gasteiger partial charge < -0.3 is 15.3 Å². The normalized spacial score (nSPS) is 15.8. The summed E-state index contributed by atoms with van der Waals surface area (Å²) in [5.41, 5.74) is 2.58. The number of anilines is 2. The van der Waals surface area contributed by atoms with Crippen LogP contribution in [-0.2, 0) is 11.0 Å². The minimum absolute atomic E-state index is 0.0102. The van der Waals surface area contributed by atoms with Crippen molar-refractivity contribution in [2.45, 2.75) is 18.6 Å². The van der Waals surface area contributed by atoms with Crippen LogP contribution in [0.25, 0.3) is 11.1 Å². The number of rotatable bonds is 8. The zero-order valence-corrected chi connectivity index (χ0v) is 22.7. The number of carbonyl (C=O) groups excluding carboxylic acids is 1. The largest absolute Gasteiger partial charge is 0.481 e. The summed E-state index contributed by atoms with van der Waals surface area (Å²) in [6.07, 6.45) is -4.52. The van der Waals surface area contributed by atoms with Crippen molar-refractivity contribution in [1.82, 2.24) is 4.90 Å². The van der Waals surface area contributed by atoms with E-state index in [1.165, 1.54) is 6.07 Å². The molecule has 1 aliphatic rings. The Balaban J connectivity index is 1.34. The molecule has 42 heavy (non-hydrogen) atoms. The molecule has 216 valence electrons. The molecule has 0 aliphatic carbocycles. The first-order valence-electron chi connectivity index (χ1n) is 13.6. The van der Waals surface area contributed by atoms with Gasteiger partial charge in [0.2, 0.25) is 0 Å². The number of amides is 1. The molecule has 1 atom stereocenters. The van der Waals surface area contributed by atoms with E-state index in [0.29, 0.717) is 43.0 Å². The molecule has 9 heteroatoms. The van der Waals surface area contributed by atoms with Crippen molar-refractivity contribution in [3.05, 3.63) is 120 Å². The van der Waals surface area contributed by atoms with Gasteiger partial charge in [0.1, 0.15) is 0 Å². The van der Waals surface area contributed by atoms with E-state index in [1.54, 1.807) is 42.5 Å². The van der Waals surface area contributed by atoms with E-state index in [9.17, 15) is 27.9 Å². The van der Waals surface area contributed by atoms with E-state index in [-0.39, 0.29) is 18.0 Å². The number of nitrogens with zero attached hydrogens (tertiary/aromatic N) is 2. The summed E-state index contributed by atoms with van der Waals surface area (Å²) in [6, 6.07) is 29.2. The molecule has 1 aliphatic heterocycles. The summed E-state index contributed by atoms with van der Waals surface area (Å²) in [5, 5.41) is 12.0. The standard InChI is InChI=1S/C33H30F3N3O3/c34-33(35,36)25-11-16-28(23-7-3-1-4-8-23)29(21-25)32(42)37-26-12-14-27(15-13-26)39-20-19-38(18-17-31(40)41)30(22-39)24-9-5-2-6-10-24/h1-16,21,30H,17-20,22H2,(H,37,42)(H,40,41). The minimum Gasteiger partial charge on any atom is -0.481 e. The van der Waals surface area contributed by atoms with Gasteiger partial charge in [-0.15, -0.1) is 0 Å². The SMILES string of the molecule is O=C(O)CCN1CCN(c2ccc(NC(=O)c3cc(C(F)(F)F)ccc3-c3ccccc3)cc2)CC1c1ccccc1. The molecule has 4 aromatic rings. The van der Waals surface area contributed by atoms with Gasteiger partial charge in [-0.25, -0.2) is 0 Å². The maximum absolute atomic E-state index is 13.5. The van der Waals surface area contributed by atoms with E-state index >= 15 is 0 Å². The van der Waals surface area contributed by atoms with Crippen molar-refractivity contribution in [3.63, 3.8) is 0 Å². The number of carboxylic acid groups (broad SMARTS) is 1. The molecule has 1 heterocycles. The van der Waals surface area contributed by atoms with Gasteiger partial charge in [0, 0.05) is 43.1 Å². The van der Waals surface area contributed by atoms with Crippen LogP contribution in [0.3, 0.4) is 0 Å². The van der Waals surface area contributed by atoms with Gasteiger partial charge in [-0.05, 0) is 53.1 Å². The molecule has 2 N–H and O–H groups in total. The predicted molar refractivity (Wildman–Crippen MR) is 156 cm³/mol. The highest BCUT2D eigenvalue weighted by Gasteiger charge is 2.32. The zero-order valence-electron chi connectivity index (χ0n) is 22.7. The number of hydrogen-bond donors (Lipinski definition) is 2. The Kier molecular flexibility index (Phi) is 8.59. The zero-order chi connectivity index (χ0) is 29.7. The molecule has 0 saturated carbocycles. The van der Waals surface area contributed by atoms with Crippen LogP contribution in [0.15, 0.2) is 103 Å². The monoisotopic (exact) mass is 573 g/mol. The molecule has 0 spiro atoms. The predicted octanol–water partition coefficient (Wildman–Crippen LogP) is 6.96. The van der Waals surface area contributed by atoms with Gasteiger partial charge in [0.05, 0.1) is 18.0 Å². The van der Waals surface area contributed by atoms with Crippen LogP contribution in [0, 0.1) is 0 Å². The summed E-state index contributed by atoms with van der Waals surface area (Å²) >= 11 is 0. The second kappa shape index (κ2) is 12.5. The van der Waals surface area contributed by atoms with Gasteiger partial charge in [0.25, 0.3) is 5.91 Å². The van der Waals surface area contributed by atoms with Gasteiger partial charge in [-0.2, -0.15) is 13.2 Å². The molecule has 0 aromatic heterocycles. The van der Waals surface area contributed by atoms with Crippen LogP contribution < -0.4 is 10.2 Å². The summed E-state index contributed by atoms with van der Waals surface area (Å²) in [6.45, 7) is 2.48. The Hall–Kier alpha value is -4.63. The average Bonchev–Trinajstić information content (AvgIpc) is 3.00. The Morgan fingerprint density at radius 3 is 2.17 bits per heavy atom. The van der Waals surface area contributed by atoms with Gasteiger partial charge in [-0.3, -0.25) is 14.5 Å². The van der Waals surface area contributed by atoms with Crippen LogP contribution in [0.2, 0.25) is 0 Å². The van der Waals surface area contributed by atoms with Crippen molar-refractivity contribution in [2.75, 3.05) is 36.4 Å². The van der Waals surface area contributed by atoms with Crippen molar-refractivity contribution < 1.29 is 27.9 Å². The first-order chi connectivity index (χ1) is 20.2. The molecule has 1 saturated heterocycles. The fourth-order valence-electron chi connectivity index (χ4n) is 5.29. The third-order valence-corrected chi connectivity index (χ3v) is 7.46. The summed E-state index contributed by atoms with van der Waals surface area (Å²) in [7, 11) is 0. The number of carbonyl (C=O) groups is 2. The molecular weight excluding hydrogens is 543 g/mol. The first-order valence-corrected chi connectivity index (χ1v) is 13.6. The van der Waals surface area contributed by atoms with Crippen molar-refractivity contribution >= 4 is 23.3 Å². The van der Waals surface area contributed by atoms with Crippen LogP contribution in [0.1, 0.15) is 33.9 Å². The second-order valence-corrected chi connectivity index (χ2v) is 10.2. The van der Waals surface area contributed by atoms with Crippen molar-refractivity contribution in [2.24, 2.45) is 0 Å². The Labute approximate surface area is 242 Å². The van der Waals surface area contributed by atoms with Gasteiger partial charge in [0.15, 0.2) is 0 Å². The Morgan fingerprint density at radius 1 is 0.857 bits per heavy atom. The summed E-state index contributed by atoms with van der Waals surface area (Å²) in [5.74, 6) is -1.47. The smallest absolute Gasteiger partial charge is 0.416 e. The molecule has 5 rings (SSSR count). The molecule has 6 nitrogen and oxygen atoms in total. The highest BCUT2D eigenvalue weighted by molar-refractivity contribution is 6.09. The molecule has 0 radical (unpaired) electrons. The number of alkyl halides is 3. The topological polar surface area (TPSA) is 72.9 Å². The highest BCUT2D eigenvalue weighted by Crippen LogP contribution is 2.34. The highest BCUT2D eigenvalue weighted by atomic mass is 19.4. The van der Waals surface area contributed by atoms with Crippen molar-refractivity contribution in [1.29, 1.82) is 0 Å². The number of benzene rings is 4. The lowest BCUT2D eigenvalue weighted by molar-refractivity contribution is -0.138. The summed E-state index contributed by atoms with van der Waals surface area (Å²) in [4.78, 5) is 28.9. The number of carboxylic acids is 1. The number of nitrogens with one attached hydrogen (secondary N) is 1. The van der Waals surface area contributed by atoms with E-state index in [1.807, 2.05) is 42.5 Å². The van der Waals surface area contributed by atoms with Crippen LogP contribution in [-0.4, -0.2) is 48.1 Å². The lowest BCUT2D eigenvalue weighted by Crippen LogP contribution is -2.49. The van der Waals surface area contributed by atoms with E-state index in [2.05, 4.69) is 15.1 Å². The van der Waals surface area contributed by atoms with Gasteiger partial charge >= 0.3 is 12.1 Å². The van der Waals surface area contributed by atoms with E-state index in [4.69, 9.17) is 0 Å². The van der Waals surface area contributed by atoms with Crippen LogP contribution in [0.5, 0.6) is 0 Å². The maximum Gasteiger partial charge on any atom is 0.416 e. The third-order valence-electron chi connectivity index (χ3n) is 7.46. The molecule has 1 amide bonds. The third kappa shape index (κ3) is 6.80. The number of halogens is 3. The average molecular weight is 574 g/mol. The van der Waals surface area contributed by atoms with Gasteiger partial charge in [-0.1, -0.05) is 66.7 Å². The number of hydrogen-bond acceptors (Lipinski definition) is 4. The first kappa shape index (κ1) is 28.9. The quantitative estimate of drug-likeness (QED) is 0.238. The lowest BCUT2D eigenvalue weighted by atomic mass is 9.96. The van der Waals surface area contributed by atoms with Crippen LogP contribution >= 0.6 is 0 Å². The van der Waals surface area contributed by atoms with Crippen molar-refractivity contribution in [3.8, 4) is 11.1 Å². The molecule has 4 aromatic carbocycles. The lowest BCUT2D eigenvalue weighted by Gasteiger charge is -2.42. The van der Waals surface area contributed by atoms with E-state index in [0.717, 1.165) is 23.4 Å². The Morgan fingerprint density at radius 2 is 1.52 bits per heavy atom. The second-order valence-electron chi connectivity index (χ2n) is 10.2. The number of piperazine rings is 1.